The SMILES string of the molecule is CCC(Cl)C(Cl)CC[NH]. The second-order valence-corrected chi connectivity index (χ2v) is 3.10. The smallest absolute Gasteiger partial charge is 0.0512 e. The third-order valence-corrected chi connectivity index (χ3v) is 2.47. The molecule has 1 radical (unpaired) electrons. The molecule has 0 fully saturated rings. The summed E-state index contributed by atoms with van der Waals surface area (Å²) in [5.74, 6) is 0. The molecule has 0 aromatic rings. The molecular weight excluding hydrogens is 157 g/mol. The van der Waals surface area contributed by atoms with Gasteiger partial charge < -0.3 is 0 Å². The minimum atomic E-state index is -0.0193. The van der Waals surface area contributed by atoms with Crippen molar-refractivity contribution in [2.45, 2.75) is 30.5 Å². The lowest BCUT2D eigenvalue weighted by Crippen LogP contribution is -2.15. The van der Waals surface area contributed by atoms with Crippen LogP contribution in [0.25, 0.3) is 0 Å². The van der Waals surface area contributed by atoms with Crippen molar-refractivity contribution in [2.24, 2.45) is 0 Å². The molecule has 3 heteroatoms. The molecule has 1 nitrogen and oxygen atoms in total. The van der Waals surface area contributed by atoms with Crippen LogP contribution in [-0.2, 0) is 0 Å². The lowest BCUT2D eigenvalue weighted by molar-refractivity contribution is 0.685. The molecule has 0 saturated carbocycles. The Morgan fingerprint density at radius 2 is 1.89 bits per heavy atom. The maximum Gasteiger partial charge on any atom is 0.0512 e. The van der Waals surface area contributed by atoms with Crippen LogP contribution in [0.2, 0.25) is 0 Å². The van der Waals surface area contributed by atoms with Gasteiger partial charge in [0.1, 0.15) is 0 Å². The summed E-state index contributed by atoms with van der Waals surface area (Å²) >= 11 is 11.6. The maximum atomic E-state index is 6.86. The van der Waals surface area contributed by atoms with E-state index in [0.29, 0.717) is 13.0 Å². The Balaban J connectivity index is 3.32. The molecule has 0 aromatic carbocycles. The van der Waals surface area contributed by atoms with Gasteiger partial charge in [-0.05, 0) is 12.8 Å². The average molecular weight is 169 g/mol. The van der Waals surface area contributed by atoms with Crippen LogP contribution in [-0.4, -0.2) is 17.3 Å². The highest BCUT2D eigenvalue weighted by Gasteiger charge is 2.12. The first-order valence-corrected chi connectivity index (χ1v) is 4.02. The maximum absolute atomic E-state index is 6.86. The fraction of sp³-hybridized carbons (Fsp3) is 1.00. The van der Waals surface area contributed by atoms with Gasteiger partial charge in [0, 0.05) is 11.9 Å². The summed E-state index contributed by atoms with van der Waals surface area (Å²) in [6.45, 7) is 2.37. The van der Waals surface area contributed by atoms with Gasteiger partial charge in [-0.3, -0.25) is 5.73 Å². The van der Waals surface area contributed by atoms with Crippen molar-refractivity contribution in [2.75, 3.05) is 6.54 Å². The Bertz CT molecular complexity index is 68.1. The molecule has 55 valence electrons. The summed E-state index contributed by atoms with van der Waals surface area (Å²) in [6.07, 6.45) is 1.58. The summed E-state index contributed by atoms with van der Waals surface area (Å²) in [5.41, 5.74) is 6.86. The van der Waals surface area contributed by atoms with Gasteiger partial charge in [0.15, 0.2) is 0 Å². The van der Waals surface area contributed by atoms with E-state index < -0.39 is 0 Å². The number of alkyl halides is 2. The van der Waals surface area contributed by atoms with Gasteiger partial charge in [0.25, 0.3) is 0 Å². The van der Waals surface area contributed by atoms with Gasteiger partial charge in [-0.2, -0.15) is 0 Å². The summed E-state index contributed by atoms with van der Waals surface area (Å²) in [7, 11) is 0. The number of halogens is 2. The Hall–Kier alpha value is 0.540. The average Bonchev–Trinajstić information content (AvgIpc) is 1.87. The molecule has 0 aliphatic rings. The number of nitrogens with one attached hydrogen (secondary N) is 1. The highest BCUT2D eigenvalue weighted by atomic mass is 35.5. The zero-order chi connectivity index (χ0) is 7.28. The van der Waals surface area contributed by atoms with Gasteiger partial charge in [0.2, 0.25) is 0 Å². The fourth-order valence-corrected chi connectivity index (χ4v) is 0.988. The molecule has 0 amide bonds. The molecule has 1 N–H and O–H groups in total. The van der Waals surface area contributed by atoms with Crippen LogP contribution in [0, 0.1) is 0 Å². The van der Waals surface area contributed by atoms with E-state index in [-0.39, 0.29) is 10.8 Å². The van der Waals surface area contributed by atoms with Crippen LogP contribution in [0.15, 0.2) is 0 Å². The highest BCUT2D eigenvalue weighted by Crippen LogP contribution is 2.15. The third kappa shape index (κ3) is 4.01. The van der Waals surface area contributed by atoms with Crippen LogP contribution >= 0.6 is 23.2 Å². The first-order chi connectivity index (χ1) is 4.22. The van der Waals surface area contributed by atoms with E-state index in [1.807, 2.05) is 6.92 Å². The molecule has 0 aliphatic carbocycles. The van der Waals surface area contributed by atoms with Crippen LogP contribution in [0.1, 0.15) is 19.8 Å². The predicted molar refractivity (Wildman–Crippen MR) is 42.2 cm³/mol. The molecular formula is C6H12Cl2N. The van der Waals surface area contributed by atoms with Gasteiger partial charge >= 0.3 is 0 Å². The first kappa shape index (κ1) is 9.54. The molecule has 0 spiro atoms. The van der Waals surface area contributed by atoms with E-state index in [1.165, 1.54) is 0 Å². The van der Waals surface area contributed by atoms with Crippen LogP contribution in [0.5, 0.6) is 0 Å². The van der Waals surface area contributed by atoms with Crippen molar-refractivity contribution < 1.29 is 0 Å². The van der Waals surface area contributed by atoms with E-state index in [2.05, 4.69) is 0 Å². The van der Waals surface area contributed by atoms with E-state index in [0.717, 1.165) is 6.42 Å². The third-order valence-electron chi connectivity index (χ3n) is 1.20. The monoisotopic (exact) mass is 168 g/mol. The summed E-state index contributed by atoms with van der Waals surface area (Å²) in [4.78, 5) is 0. The molecule has 0 aliphatic heterocycles. The van der Waals surface area contributed by atoms with Crippen molar-refractivity contribution in [3.63, 3.8) is 0 Å². The predicted octanol–water partition coefficient (Wildman–Crippen LogP) is 2.28. The standard InChI is InChI=1S/C6H12Cl2N/c1-2-5(7)6(8)3-4-9/h5-6,9H,2-4H2,1H3. The first-order valence-electron chi connectivity index (χ1n) is 3.15. The van der Waals surface area contributed by atoms with E-state index in [1.54, 1.807) is 0 Å². The number of hydrogen-bond acceptors (Lipinski definition) is 0. The fourth-order valence-electron chi connectivity index (χ4n) is 0.574. The van der Waals surface area contributed by atoms with Gasteiger partial charge in [-0.1, -0.05) is 6.92 Å². The molecule has 9 heavy (non-hydrogen) atoms. The molecule has 0 bridgehead atoms. The van der Waals surface area contributed by atoms with Crippen LogP contribution in [0.4, 0.5) is 0 Å². The Morgan fingerprint density at radius 1 is 1.33 bits per heavy atom. The van der Waals surface area contributed by atoms with Crippen molar-refractivity contribution in [1.82, 2.24) is 5.73 Å². The van der Waals surface area contributed by atoms with Crippen LogP contribution in [0.3, 0.4) is 0 Å². The second-order valence-electron chi connectivity index (χ2n) is 1.98. The molecule has 0 rings (SSSR count). The quantitative estimate of drug-likeness (QED) is 0.576. The molecule has 2 unspecified atom stereocenters. The Labute approximate surface area is 66.5 Å². The molecule has 0 aromatic heterocycles. The second kappa shape index (κ2) is 5.33. The largest absolute Gasteiger partial charge is 0.258 e. The van der Waals surface area contributed by atoms with Crippen molar-refractivity contribution in [1.29, 1.82) is 0 Å². The van der Waals surface area contributed by atoms with Crippen molar-refractivity contribution >= 4 is 23.2 Å². The van der Waals surface area contributed by atoms with E-state index in [9.17, 15) is 0 Å². The van der Waals surface area contributed by atoms with E-state index in [4.69, 9.17) is 28.9 Å². The van der Waals surface area contributed by atoms with Gasteiger partial charge in [-0.25, -0.2) is 0 Å². The minimum absolute atomic E-state index is 0.0193. The zero-order valence-corrected chi connectivity index (χ0v) is 7.04. The highest BCUT2D eigenvalue weighted by molar-refractivity contribution is 6.29. The number of rotatable bonds is 4. The summed E-state index contributed by atoms with van der Waals surface area (Å²) in [6, 6.07) is 0. The topological polar surface area (TPSA) is 23.8 Å². The van der Waals surface area contributed by atoms with Crippen molar-refractivity contribution in [3.8, 4) is 0 Å². The normalized spacial score (nSPS) is 17.3. The number of hydrogen-bond donors (Lipinski definition) is 0. The Morgan fingerprint density at radius 3 is 2.22 bits per heavy atom. The lowest BCUT2D eigenvalue weighted by Gasteiger charge is -2.11. The van der Waals surface area contributed by atoms with Gasteiger partial charge in [0.05, 0.1) is 5.38 Å². The lowest BCUT2D eigenvalue weighted by atomic mass is 10.2. The van der Waals surface area contributed by atoms with Crippen molar-refractivity contribution in [3.05, 3.63) is 0 Å². The van der Waals surface area contributed by atoms with Gasteiger partial charge in [-0.15, -0.1) is 23.2 Å². The summed E-state index contributed by atoms with van der Waals surface area (Å²) in [5, 5.41) is 0.0196. The molecule has 0 saturated heterocycles. The minimum Gasteiger partial charge on any atom is -0.258 e. The molecule has 2 atom stereocenters. The summed E-state index contributed by atoms with van der Waals surface area (Å²) < 4.78 is 0. The van der Waals surface area contributed by atoms with E-state index >= 15 is 0 Å². The van der Waals surface area contributed by atoms with Crippen LogP contribution < -0.4 is 5.73 Å². The molecule has 0 heterocycles. The zero-order valence-electron chi connectivity index (χ0n) is 5.53. The Kier molecular flexibility index (Phi) is 5.65.